The van der Waals surface area contributed by atoms with Crippen LogP contribution in [-0.4, -0.2) is 47.0 Å². The van der Waals surface area contributed by atoms with E-state index in [9.17, 15) is 4.79 Å². The molecule has 0 aliphatic carbocycles. The normalized spacial score (nSPS) is 18.8. The van der Waals surface area contributed by atoms with Crippen molar-refractivity contribution in [3.63, 3.8) is 0 Å². The first kappa shape index (κ1) is 15.7. The van der Waals surface area contributed by atoms with Crippen molar-refractivity contribution in [2.45, 2.75) is 12.6 Å². The molecule has 6 nitrogen and oxygen atoms in total. The highest BCUT2D eigenvalue weighted by molar-refractivity contribution is 5.94. The summed E-state index contributed by atoms with van der Waals surface area (Å²) >= 11 is 0. The number of nitrogens with zero attached hydrogens (tertiary/aromatic N) is 3. The fourth-order valence-electron chi connectivity index (χ4n) is 3.08. The van der Waals surface area contributed by atoms with Gasteiger partial charge in [-0.15, -0.1) is 0 Å². The van der Waals surface area contributed by atoms with Crippen molar-refractivity contribution in [1.82, 2.24) is 25.1 Å². The van der Waals surface area contributed by atoms with Crippen LogP contribution in [0, 0.1) is 0 Å². The standard InChI is InChI=1S/C17H23N5O/c1-18-17(23)14-5-3-4-13(10-14)12-22-9-6-19-11-15(22)16-20-7-8-21(16)2/h3-5,7-8,10,15,19H,6,9,11-12H2,1-2H3,(H,18,23). The monoisotopic (exact) mass is 313 g/mol. The zero-order valence-corrected chi connectivity index (χ0v) is 13.6. The maximum atomic E-state index is 11.8. The van der Waals surface area contributed by atoms with E-state index in [1.54, 1.807) is 7.05 Å². The Kier molecular flexibility index (Phi) is 4.73. The third-order valence-corrected chi connectivity index (χ3v) is 4.31. The molecule has 1 amide bonds. The number of aromatic nitrogens is 2. The molecule has 1 saturated heterocycles. The number of rotatable bonds is 4. The Hall–Kier alpha value is -2.18. The van der Waals surface area contributed by atoms with Crippen LogP contribution < -0.4 is 10.6 Å². The number of amides is 1. The van der Waals surface area contributed by atoms with Gasteiger partial charge in [0.25, 0.3) is 5.91 Å². The average Bonchev–Trinajstić information content (AvgIpc) is 3.01. The van der Waals surface area contributed by atoms with Crippen molar-refractivity contribution >= 4 is 5.91 Å². The number of nitrogens with one attached hydrogen (secondary N) is 2. The zero-order valence-electron chi connectivity index (χ0n) is 13.6. The number of hydrogen-bond acceptors (Lipinski definition) is 4. The minimum atomic E-state index is -0.0483. The molecule has 1 fully saturated rings. The summed E-state index contributed by atoms with van der Waals surface area (Å²) in [7, 11) is 3.68. The molecule has 2 heterocycles. The topological polar surface area (TPSA) is 62.2 Å². The lowest BCUT2D eigenvalue weighted by Gasteiger charge is -2.35. The summed E-state index contributed by atoms with van der Waals surface area (Å²) in [5.41, 5.74) is 1.85. The van der Waals surface area contributed by atoms with Gasteiger partial charge in [0.15, 0.2) is 0 Å². The molecule has 1 unspecified atom stereocenters. The first-order valence-electron chi connectivity index (χ1n) is 7.92. The number of carbonyl (C=O) groups excluding carboxylic acids is 1. The second-order valence-electron chi connectivity index (χ2n) is 5.87. The molecule has 0 bridgehead atoms. The molecule has 1 aliphatic rings. The van der Waals surface area contributed by atoms with Crippen molar-refractivity contribution in [3.8, 4) is 0 Å². The predicted molar refractivity (Wildman–Crippen MR) is 89.1 cm³/mol. The van der Waals surface area contributed by atoms with Crippen molar-refractivity contribution in [2.75, 3.05) is 26.7 Å². The Morgan fingerprint density at radius 3 is 3.09 bits per heavy atom. The van der Waals surface area contributed by atoms with Crippen LogP contribution in [0.2, 0.25) is 0 Å². The summed E-state index contributed by atoms with van der Waals surface area (Å²) < 4.78 is 2.08. The fraction of sp³-hybridized carbons (Fsp3) is 0.412. The molecule has 1 aromatic heterocycles. The highest BCUT2D eigenvalue weighted by atomic mass is 16.1. The molecular formula is C17H23N5O. The molecule has 0 saturated carbocycles. The highest BCUT2D eigenvalue weighted by Gasteiger charge is 2.26. The predicted octanol–water partition coefficient (Wildman–Crippen LogP) is 0.926. The van der Waals surface area contributed by atoms with Gasteiger partial charge in [0.05, 0.1) is 6.04 Å². The maximum Gasteiger partial charge on any atom is 0.251 e. The van der Waals surface area contributed by atoms with Gasteiger partial charge in [0.2, 0.25) is 0 Å². The first-order valence-corrected chi connectivity index (χ1v) is 7.92. The Morgan fingerprint density at radius 1 is 1.48 bits per heavy atom. The molecule has 1 atom stereocenters. The van der Waals surface area contributed by atoms with Crippen molar-refractivity contribution < 1.29 is 4.79 Å². The molecule has 2 N–H and O–H groups in total. The van der Waals surface area contributed by atoms with Crippen LogP contribution in [0.15, 0.2) is 36.7 Å². The molecular weight excluding hydrogens is 290 g/mol. The van der Waals surface area contributed by atoms with Gasteiger partial charge >= 0.3 is 0 Å². The summed E-state index contributed by atoms with van der Waals surface area (Å²) in [6, 6.07) is 8.07. The van der Waals surface area contributed by atoms with Crippen LogP contribution in [-0.2, 0) is 13.6 Å². The van der Waals surface area contributed by atoms with E-state index in [2.05, 4.69) is 31.2 Å². The van der Waals surface area contributed by atoms with Gasteiger partial charge in [0, 0.05) is 58.2 Å². The average molecular weight is 313 g/mol. The summed E-state index contributed by atoms with van der Waals surface area (Å²) in [6.07, 6.45) is 3.82. The van der Waals surface area contributed by atoms with Crippen LogP contribution in [0.3, 0.4) is 0 Å². The van der Waals surface area contributed by atoms with Gasteiger partial charge in [-0.3, -0.25) is 9.69 Å². The summed E-state index contributed by atoms with van der Waals surface area (Å²) in [6.45, 7) is 3.63. The molecule has 3 rings (SSSR count). The molecule has 1 aromatic carbocycles. The highest BCUT2D eigenvalue weighted by Crippen LogP contribution is 2.23. The van der Waals surface area contributed by atoms with E-state index in [1.165, 1.54) is 0 Å². The third kappa shape index (κ3) is 3.43. The third-order valence-electron chi connectivity index (χ3n) is 4.31. The molecule has 2 aromatic rings. The molecule has 6 heteroatoms. The first-order chi connectivity index (χ1) is 11.2. The molecule has 1 aliphatic heterocycles. The minimum absolute atomic E-state index is 0.0483. The van der Waals surface area contributed by atoms with E-state index >= 15 is 0 Å². The minimum Gasteiger partial charge on any atom is -0.355 e. The fourth-order valence-corrected chi connectivity index (χ4v) is 3.08. The van der Waals surface area contributed by atoms with E-state index in [4.69, 9.17) is 0 Å². The van der Waals surface area contributed by atoms with E-state index in [0.717, 1.165) is 37.6 Å². The molecule has 0 spiro atoms. The van der Waals surface area contributed by atoms with Crippen LogP contribution in [0.25, 0.3) is 0 Å². The number of piperazine rings is 1. The van der Waals surface area contributed by atoms with Crippen molar-refractivity contribution in [1.29, 1.82) is 0 Å². The van der Waals surface area contributed by atoms with Crippen molar-refractivity contribution in [2.24, 2.45) is 7.05 Å². The summed E-state index contributed by atoms with van der Waals surface area (Å²) in [5.74, 6) is 1.02. The lowest BCUT2D eigenvalue weighted by molar-refractivity contribution is 0.0962. The SMILES string of the molecule is CNC(=O)c1cccc(CN2CCNCC2c2nccn2C)c1. The Bertz CT molecular complexity index is 681. The number of hydrogen-bond donors (Lipinski definition) is 2. The van der Waals surface area contributed by atoms with E-state index < -0.39 is 0 Å². The van der Waals surface area contributed by atoms with Crippen LogP contribution >= 0.6 is 0 Å². The number of aryl methyl sites for hydroxylation is 1. The Labute approximate surface area is 136 Å². The second-order valence-corrected chi connectivity index (χ2v) is 5.87. The summed E-state index contributed by atoms with van der Waals surface area (Å²) in [5, 5.41) is 6.12. The number of carbonyl (C=O) groups is 1. The summed E-state index contributed by atoms with van der Waals surface area (Å²) in [4.78, 5) is 18.7. The van der Waals surface area contributed by atoms with Gasteiger partial charge in [-0.1, -0.05) is 12.1 Å². The molecule has 23 heavy (non-hydrogen) atoms. The van der Waals surface area contributed by atoms with E-state index in [0.29, 0.717) is 5.56 Å². The number of imidazole rings is 1. The Morgan fingerprint density at radius 2 is 2.35 bits per heavy atom. The van der Waals surface area contributed by atoms with Crippen LogP contribution in [0.1, 0.15) is 27.8 Å². The van der Waals surface area contributed by atoms with Crippen molar-refractivity contribution in [3.05, 3.63) is 53.6 Å². The van der Waals surface area contributed by atoms with Gasteiger partial charge < -0.3 is 15.2 Å². The van der Waals surface area contributed by atoms with E-state index in [1.807, 2.05) is 37.6 Å². The molecule has 122 valence electrons. The van der Waals surface area contributed by atoms with E-state index in [-0.39, 0.29) is 11.9 Å². The quantitative estimate of drug-likeness (QED) is 0.881. The molecule has 0 radical (unpaired) electrons. The number of benzene rings is 1. The van der Waals surface area contributed by atoms with Crippen LogP contribution in [0.4, 0.5) is 0 Å². The lowest BCUT2D eigenvalue weighted by Crippen LogP contribution is -2.46. The lowest BCUT2D eigenvalue weighted by atomic mass is 10.1. The van der Waals surface area contributed by atoms with Gasteiger partial charge in [-0.05, 0) is 17.7 Å². The van der Waals surface area contributed by atoms with Gasteiger partial charge in [0.1, 0.15) is 5.82 Å². The smallest absolute Gasteiger partial charge is 0.251 e. The van der Waals surface area contributed by atoms with Crippen LogP contribution in [0.5, 0.6) is 0 Å². The maximum absolute atomic E-state index is 11.8. The van der Waals surface area contributed by atoms with Gasteiger partial charge in [-0.2, -0.15) is 0 Å². The largest absolute Gasteiger partial charge is 0.355 e. The Balaban J connectivity index is 1.80. The second kappa shape index (κ2) is 6.93. The zero-order chi connectivity index (χ0) is 16.2. The van der Waals surface area contributed by atoms with Gasteiger partial charge in [-0.25, -0.2) is 4.98 Å².